The second-order valence-electron chi connectivity index (χ2n) is 14.0. The molecule has 0 aromatic rings. The summed E-state index contributed by atoms with van der Waals surface area (Å²) in [6.45, 7) is 21.8. The smallest absolute Gasteiger partial charge is 0.184 e. The van der Waals surface area contributed by atoms with Gasteiger partial charge in [-0.1, -0.05) is 25.5 Å². The number of fused-ring (bicyclic) bond motifs is 5. The lowest BCUT2D eigenvalue weighted by Gasteiger charge is -2.58. The van der Waals surface area contributed by atoms with E-state index in [1.165, 1.54) is 51.4 Å². The molecule has 0 aromatic carbocycles. The van der Waals surface area contributed by atoms with Crippen LogP contribution in [0, 0.1) is 34.5 Å². The Labute approximate surface area is 195 Å². The van der Waals surface area contributed by atoms with Crippen molar-refractivity contribution in [2.45, 2.75) is 124 Å². The Balaban J connectivity index is 1.52. The third kappa shape index (κ3) is 4.57. The first-order valence-corrected chi connectivity index (χ1v) is 20.1. The Bertz CT molecular complexity index is 705. The first kappa shape index (κ1) is 24.2. The first-order valence-electron chi connectivity index (χ1n) is 13.3. The first-order chi connectivity index (χ1) is 14.2. The normalized spacial score (nSPS) is 44.2. The monoisotopic (exact) mass is 462 g/mol. The fourth-order valence-corrected chi connectivity index (χ4v) is 11.2. The lowest BCUT2D eigenvalue weighted by molar-refractivity contribution is -0.0643. The largest absolute Gasteiger partial charge is 0.415 e. The molecule has 0 aromatic heterocycles. The molecule has 0 spiro atoms. The van der Waals surface area contributed by atoms with Gasteiger partial charge in [0, 0.05) is 12.2 Å². The maximum atomic E-state index is 6.65. The minimum absolute atomic E-state index is 0.428. The van der Waals surface area contributed by atoms with Crippen LogP contribution in [0.2, 0.25) is 39.3 Å². The van der Waals surface area contributed by atoms with Gasteiger partial charge in [-0.2, -0.15) is 0 Å². The van der Waals surface area contributed by atoms with Crippen molar-refractivity contribution < 1.29 is 8.85 Å². The van der Waals surface area contributed by atoms with Crippen molar-refractivity contribution in [3.63, 3.8) is 0 Å². The van der Waals surface area contributed by atoms with Gasteiger partial charge < -0.3 is 8.85 Å². The zero-order valence-corrected chi connectivity index (χ0v) is 24.0. The molecular weight excluding hydrogens is 412 g/mol. The molecular formula is C27H50O2Si2. The van der Waals surface area contributed by atoms with Crippen molar-refractivity contribution in [1.29, 1.82) is 0 Å². The molecule has 2 nitrogen and oxygen atoms in total. The number of hydrogen-bond donors (Lipinski definition) is 0. The van der Waals surface area contributed by atoms with Gasteiger partial charge in [0.25, 0.3) is 0 Å². The molecule has 0 amide bonds. The van der Waals surface area contributed by atoms with Crippen molar-refractivity contribution >= 4 is 16.6 Å². The van der Waals surface area contributed by atoms with Gasteiger partial charge in [0.1, 0.15) is 0 Å². The van der Waals surface area contributed by atoms with Gasteiger partial charge in [-0.05, 0) is 132 Å². The molecule has 0 radical (unpaired) electrons. The highest BCUT2D eigenvalue weighted by atomic mass is 28.4. The molecule has 4 aliphatic rings. The fraction of sp³-hybridized carbons (Fsp3) is 0.926. The zero-order chi connectivity index (χ0) is 22.8. The van der Waals surface area contributed by atoms with E-state index in [0.717, 1.165) is 23.7 Å². The van der Waals surface area contributed by atoms with E-state index in [-0.39, 0.29) is 0 Å². The summed E-state index contributed by atoms with van der Waals surface area (Å²) in [5.41, 5.74) is 2.68. The van der Waals surface area contributed by atoms with Crippen LogP contribution in [-0.4, -0.2) is 28.8 Å². The van der Waals surface area contributed by atoms with Crippen molar-refractivity contribution in [2.75, 3.05) is 0 Å². The molecule has 0 N–H and O–H groups in total. The van der Waals surface area contributed by atoms with E-state index in [0.29, 0.717) is 23.0 Å². The molecule has 0 aliphatic heterocycles. The van der Waals surface area contributed by atoms with Crippen molar-refractivity contribution in [3.8, 4) is 0 Å². The molecule has 4 heteroatoms. The molecule has 0 saturated heterocycles. The minimum Gasteiger partial charge on any atom is -0.415 e. The lowest BCUT2D eigenvalue weighted by Crippen LogP contribution is -2.52. The molecule has 31 heavy (non-hydrogen) atoms. The minimum atomic E-state index is -1.49. The molecule has 3 fully saturated rings. The van der Waals surface area contributed by atoms with Crippen molar-refractivity contribution in [1.82, 2.24) is 0 Å². The summed E-state index contributed by atoms with van der Waals surface area (Å²) in [6, 6.07) is 0. The molecule has 4 rings (SSSR count). The summed E-state index contributed by atoms with van der Waals surface area (Å²) in [4.78, 5) is 0. The van der Waals surface area contributed by atoms with E-state index in [9.17, 15) is 0 Å². The third-order valence-corrected chi connectivity index (χ3v) is 11.9. The Kier molecular flexibility index (Phi) is 6.33. The van der Waals surface area contributed by atoms with Gasteiger partial charge in [-0.15, -0.1) is 0 Å². The maximum absolute atomic E-state index is 6.65. The quantitative estimate of drug-likeness (QED) is 0.304. The molecule has 178 valence electrons. The van der Waals surface area contributed by atoms with Crippen LogP contribution in [0.5, 0.6) is 0 Å². The highest BCUT2D eigenvalue weighted by molar-refractivity contribution is 6.70. The zero-order valence-electron chi connectivity index (χ0n) is 22.0. The SMILES string of the molecule is C[C@H](O[Si](C)(C)C)[C@H]1CC[C@H]2[C@@H]3CC=C4C[C@@H](O[Si](C)(C)C)CC[C@]4(C)[C@H]3CC[C@]12C. The predicted molar refractivity (Wildman–Crippen MR) is 137 cm³/mol. The van der Waals surface area contributed by atoms with Crippen LogP contribution < -0.4 is 0 Å². The van der Waals surface area contributed by atoms with Crippen LogP contribution >= 0.6 is 0 Å². The number of hydrogen-bond acceptors (Lipinski definition) is 2. The van der Waals surface area contributed by atoms with E-state index < -0.39 is 16.6 Å². The van der Waals surface area contributed by atoms with Gasteiger partial charge >= 0.3 is 0 Å². The highest BCUT2D eigenvalue weighted by Gasteiger charge is 2.59. The lowest BCUT2D eigenvalue weighted by atomic mass is 9.47. The van der Waals surface area contributed by atoms with Gasteiger partial charge in [-0.3, -0.25) is 0 Å². The second-order valence-corrected chi connectivity index (χ2v) is 22.9. The Hall–Kier alpha value is 0.0938. The van der Waals surface area contributed by atoms with E-state index >= 15 is 0 Å². The van der Waals surface area contributed by atoms with E-state index in [1.54, 1.807) is 5.57 Å². The Morgan fingerprint density at radius 2 is 1.61 bits per heavy atom. The van der Waals surface area contributed by atoms with Crippen LogP contribution in [0.1, 0.15) is 72.1 Å². The second kappa shape index (κ2) is 8.10. The predicted octanol–water partition coefficient (Wildman–Crippen LogP) is 8.03. The fourth-order valence-electron chi connectivity index (χ4n) is 8.68. The average Bonchev–Trinajstić information content (AvgIpc) is 2.97. The molecule has 0 bridgehead atoms. The molecule has 3 saturated carbocycles. The molecule has 8 atom stereocenters. The van der Waals surface area contributed by atoms with Crippen LogP contribution in [0.4, 0.5) is 0 Å². The summed E-state index contributed by atoms with van der Waals surface area (Å²) >= 11 is 0. The van der Waals surface area contributed by atoms with Gasteiger partial charge in [0.2, 0.25) is 0 Å². The van der Waals surface area contributed by atoms with E-state index in [2.05, 4.69) is 66.1 Å². The summed E-state index contributed by atoms with van der Waals surface area (Å²) < 4.78 is 13.2. The standard InChI is InChI=1S/C27H50O2Si2/c1-19(28-30(4,5)6)23-12-13-24-22-11-10-20-18-21(29-31(7,8)9)14-16-26(20,2)25(22)15-17-27(23,24)3/h10,19,21-25H,11-18H2,1-9H3/t19-,21-,22-,23+,24-,25-,26-,27+/m0/s1. The van der Waals surface area contributed by atoms with E-state index in [1.807, 2.05) is 0 Å². The van der Waals surface area contributed by atoms with Gasteiger partial charge in [-0.25, -0.2) is 0 Å². The van der Waals surface area contributed by atoms with Crippen LogP contribution in [0.25, 0.3) is 0 Å². The van der Waals surface area contributed by atoms with Crippen molar-refractivity contribution in [2.24, 2.45) is 34.5 Å². The topological polar surface area (TPSA) is 18.5 Å². The Morgan fingerprint density at radius 3 is 2.26 bits per heavy atom. The van der Waals surface area contributed by atoms with Crippen LogP contribution in [-0.2, 0) is 8.85 Å². The highest BCUT2D eigenvalue weighted by Crippen LogP contribution is 2.67. The van der Waals surface area contributed by atoms with E-state index in [4.69, 9.17) is 8.85 Å². The summed E-state index contributed by atoms with van der Waals surface area (Å²) in [5.74, 6) is 3.44. The number of allylic oxidation sites excluding steroid dienone is 1. The third-order valence-electron chi connectivity index (χ3n) is 9.76. The summed E-state index contributed by atoms with van der Waals surface area (Å²) in [6.07, 6.45) is 14.4. The summed E-state index contributed by atoms with van der Waals surface area (Å²) in [7, 11) is -2.95. The molecule has 0 heterocycles. The molecule has 0 unspecified atom stereocenters. The van der Waals surface area contributed by atoms with Crippen LogP contribution in [0.3, 0.4) is 0 Å². The van der Waals surface area contributed by atoms with Crippen molar-refractivity contribution in [3.05, 3.63) is 11.6 Å². The average molecular weight is 463 g/mol. The van der Waals surface area contributed by atoms with Gasteiger partial charge in [0.15, 0.2) is 16.6 Å². The molecule has 4 aliphatic carbocycles. The summed E-state index contributed by atoms with van der Waals surface area (Å²) in [5, 5.41) is 0. The van der Waals surface area contributed by atoms with Gasteiger partial charge in [0.05, 0.1) is 0 Å². The Morgan fingerprint density at radius 1 is 0.903 bits per heavy atom. The number of rotatable bonds is 5. The maximum Gasteiger partial charge on any atom is 0.184 e. The van der Waals surface area contributed by atoms with Crippen LogP contribution in [0.15, 0.2) is 11.6 Å².